The molecule has 6 rings (SSSR count). The predicted octanol–water partition coefficient (Wildman–Crippen LogP) is 4.36. The second kappa shape index (κ2) is 9.03. The number of aryl methyl sites for hydroxylation is 1. The number of hydrogen-bond acceptors (Lipinski definition) is 7. The Bertz CT molecular complexity index is 1630. The summed E-state index contributed by atoms with van der Waals surface area (Å²) >= 11 is 3.61. The van der Waals surface area contributed by atoms with Crippen LogP contribution in [0.4, 0.5) is 5.69 Å². The summed E-state index contributed by atoms with van der Waals surface area (Å²) in [6, 6.07) is 8.01. The van der Waals surface area contributed by atoms with E-state index in [1.54, 1.807) is 17.4 Å². The van der Waals surface area contributed by atoms with Crippen LogP contribution >= 0.6 is 15.9 Å². The highest BCUT2D eigenvalue weighted by Crippen LogP contribution is 2.37. The molecule has 37 heavy (non-hydrogen) atoms. The van der Waals surface area contributed by atoms with Gasteiger partial charge < -0.3 is 24.3 Å². The number of hydrogen-bond donors (Lipinski definition) is 2. The molecule has 2 aliphatic heterocycles. The molecule has 0 aliphatic carbocycles. The molecule has 0 amide bonds. The van der Waals surface area contributed by atoms with Gasteiger partial charge in [0.2, 0.25) is 16.8 Å². The van der Waals surface area contributed by atoms with E-state index in [0.29, 0.717) is 30.1 Å². The van der Waals surface area contributed by atoms with Crippen molar-refractivity contribution < 1.29 is 17.9 Å². The van der Waals surface area contributed by atoms with E-state index in [9.17, 15) is 8.42 Å². The number of ether oxygens (including phenoxy) is 2. The van der Waals surface area contributed by atoms with Gasteiger partial charge in [-0.25, -0.2) is 18.4 Å². The van der Waals surface area contributed by atoms with Gasteiger partial charge in [-0.15, -0.1) is 0 Å². The van der Waals surface area contributed by atoms with Gasteiger partial charge in [-0.3, -0.25) is 0 Å². The molecule has 0 spiro atoms. The van der Waals surface area contributed by atoms with Crippen molar-refractivity contribution in [2.24, 2.45) is 0 Å². The number of nitrogens with zero attached hydrogens (tertiary/aromatic N) is 4. The Kier molecular flexibility index (Phi) is 5.92. The van der Waals surface area contributed by atoms with Crippen molar-refractivity contribution in [2.45, 2.75) is 33.2 Å². The number of nitrogens with one attached hydrogen (secondary N) is 2. The second-order valence-electron chi connectivity index (χ2n) is 9.31. The van der Waals surface area contributed by atoms with E-state index < -0.39 is 10.0 Å². The van der Waals surface area contributed by atoms with Crippen molar-refractivity contribution in [3.8, 4) is 28.6 Å². The van der Waals surface area contributed by atoms with Gasteiger partial charge in [0.15, 0.2) is 17.1 Å². The van der Waals surface area contributed by atoms with Gasteiger partial charge in [-0.1, -0.05) is 0 Å². The summed E-state index contributed by atoms with van der Waals surface area (Å²) in [4.78, 5) is 12.8. The number of sulfonamides is 1. The summed E-state index contributed by atoms with van der Waals surface area (Å²) in [6.07, 6.45) is 2.46. The van der Waals surface area contributed by atoms with Gasteiger partial charge in [0, 0.05) is 54.0 Å². The summed E-state index contributed by atoms with van der Waals surface area (Å²) in [6.45, 7) is 6.97. The Balaban J connectivity index is 1.34. The van der Waals surface area contributed by atoms with Gasteiger partial charge in [0.1, 0.15) is 11.3 Å². The molecule has 194 valence electrons. The van der Waals surface area contributed by atoms with Crippen LogP contribution in [0.15, 0.2) is 34.9 Å². The molecule has 0 radical (unpaired) electrons. The molecule has 10 nitrogen and oxygen atoms in total. The molecule has 1 atom stereocenters. The quantitative estimate of drug-likeness (QED) is 0.345. The second-order valence-corrected chi connectivity index (χ2v) is 12.4. The highest BCUT2D eigenvalue weighted by Gasteiger charge is 2.31. The summed E-state index contributed by atoms with van der Waals surface area (Å²) in [5.41, 5.74) is 6.20. The first-order valence-corrected chi connectivity index (χ1v) is 14.5. The topological polar surface area (TPSA) is 114 Å². The number of rotatable bonds is 6. The standard InChI is InChI=1S/C25H27BrN6O4S/c1-4-37(33,34)31-8-7-16(12-31)28-22-19(26)11-27-25-23(22)29-24(30-25)18-9-14(2)32(15(18)3)17-5-6-20-21(10-17)36-13-35-20/h5-6,9-11,16H,4,7-8,12-13H2,1-3H3,(H2,27,28,29,30)/t16-/m0/s1. The zero-order chi connectivity index (χ0) is 25.9. The van der Waals surface area contributed by atoms with Crippen molar-refractivity contribution in [1.82, 2.24) is 23.8 Å². The third-order valence-corrected chi connectivity index (χ3v) is 9.47. The van der Waals surface area contributed by atoms with Crippen molar-refractivity contribution >= 4 is 42.8 Å². The zero-order valence-corrected chi connectivity index (χ0v) is 23.1. The molecule has 0 bridgehead atoms. The number of fused-ring (bicyclic) bond motifs is 2. The average molecular weight is 588 g/mol. The lowest BCUT2D eigenvalue weighted by Crippen LogP contribution is -2.32. The number of anilines is 1. The van der Waals surface area contributed by atoms with Gasteiger partial charge in [-0.2, -0.15) is 4.31 Å². The lowest BCUT2D eigenvalue weighted by atomic mass is 10.2. The van der Waals surface area contributed by atoms with E-state index in [1.165, 1.54) is 0 Å². The Labute approximate surface area is 223 Å². The highest BCUT2D eigenvalue weighted by molar-refractivity contribution is 9.10. The molecule has 2 N–H and O–H groups in total. The van der Waals surface area contributed by atoms with Crippen molar-refractivity contribution in [3.05, 3.63) is 46.3 Å². The Morgan fingerprint density at radius 1 is 1.22 bits per heavy atom. The molecular weight excluding hydrogens is 560 g/mol. The number of aromatic nitrogens is 4. The van der Waals surface area contributed by atoms with Crippen molar-refractivity contribution in [3.63, 3.8) is 0 Å². The van der Waals surface area contributed by atoms with Crippen LogP contribution in [0.5, 0.6) is 11.5 Å². The summed E-state index contributed by atoms with van der Waals surface area (Å²) in [5.74, 6) is 2.30. The van der Waals surface area contributed by atoms with Crippen LogP contribution in [-0.4, -0.2) is 63.9 Å². The van der Waals surface area contributed by atoms with Crippen LogP contribution in [0.25, 0.3) is 28.2 Å². The molecule has 4 aromatic rings. The summed E-state index contributed by atoms with van der Waals surface area (Å²) in [5, 5.41) is 3.52. The molecule has 3 aromatic heterocycles. The number of H-pyrrole nitrogens is 1. The predicted molar refractivity (Wildman–Crippen MR) is 145 cm³/mol. The average Bonchev–Trinajstić information content (AvgIpc) is 3.66. The zero-order valence-electron chi connectivity index (χ0n) is 20.7. The van der Waals surface area contributed by atoms with E-state index in [0.717, 1.165) is 50.7 Å². The first-order valence-electron chi connectivity index (χ1n) is 12.1. The minimum absolute atomic E-state index is 0.0144. The highest BCUT2D eigenvalue weighted by atomic mass is 79.9. The molecule has 12 heteroatoms. The fourth-order valence-corrected chi connectivity index (χ4v) is 6.67. The van der Waals surface area contributed by atoms with Crippen molar-refractivity contribution in [1.29, 1.82) is 0 Å². The number of imidazole rings is 1. The minimum atomic E-state index is -3.21. The van der Waals surface area contributed by atoms with Crippen LogP contribution in [0.3, 0.4) is 0 Å². The Hall–Kier alpha value is -3.09. The Morgan fingerprint density at radius 3 is 2.84 bits per heavy atom. The molecular formula is C25H27BrN6O4S. The van der Waals surface area contributed by atoms with Gasteiger partial charge in [0.05, 0.1) is 15.9 Å². The first-order chi connectivity index (χ1) is 17.7. The summed E-state index contributed by atoms with van der Waals surface area (Å²) in [7, 11) is -3.21. The van der Waals surface area contributed by atoms with Crippen LogP contribution in [0.2, 0.25) is 0 Å². The lowest BCUT2D eigenvalue weighted by Gasteiger charge is -2.17. The maximum absolute atomic E-state index is 12.3. The maximum atomic E-state index is 12.3. The molecule has 5 heterocycles. The fraction of sp³-hybridized carbons (Fsp3) is 0.360. The Morgan fingerprint density at radius 2 is 2.03 bits per heavy atom. The van der Waals surface area contributed by atoms with Crippen LogP contribution in [0.1, 0.15) is 24.7 Å². The van der Waals surface area contributed by atoms with E-state index in [1.807, 2.05) is 18.2 Å². The number of pyridine rings is 1. The monoisotopic (exact) mass is 586 g/mol. The molecule has 1 aromatic carbocycles. The van der Waals surface area contributed by atoms with Gasteiger partial charge in [0.25, 0.3) is 0 Å². The maximum Gasteiger partial charge on any atom is 0.231 e. The van der Waals surface area contributed by atoms with E-state index >= 15 is 0 Å². The number of benzene rings is 1. The normalized spacial score (nSPS) is 17.7. The molecule has 0 unspecified atom stereocenters. The number of aromatic amines is 1. The van der Waals surface area contributed by atoms with E-state index in [4.69, 9.17) is 14.5 Å². The minimum Gasteiger partial charge on any atom is -0.454 e. The van der Waals surface area contributed by atoms with Gasteiger partial charge >= 0.3 is 0 Å². The molecule has 0 saturated carbocycles. The van der Waals surface area contributed by atoms with E-state index in [2.05, 4.69) is 55.7 Å². The smallest absolute Gasteiger partial charge is 0.231 e. The van der Waals surface area contributed by atoms with Gasteiger partial charge in [-0.05, 0) is 61.3 Å². The third kappa shape index (κ3) is 4.16. The third-order valence-electron chi connectivity index (χ3n) is 7.03. The first kappa shape index (κ1) is 24.3. The molecule has 2 aliphatic rings. The largest absolute Gasteiger partial charge is 0.454 e. The SMILES string of the molecule is CCS(=O)(=O)N1CC[C@H](Nc2c(Br)cnc3[nH]c(-c4cc(C)n(-c5ccc6c(c5)OCO6)c4C)nc23)C1. The van der Waals surface area contributed by atoms with Crippen LogP contribution in [0, 0.1) is 13.8 Å². The van der Waals surface area contributed by atoms with Crippen LogP contribution < -0.4 is 14.8 Å². The fourth-order valence-electron chi connectivity index (χ4n) is 5.11. The van der Waals surface area contributed by atoms with E-state index in [-0.39, 0.29) is 18.6 Å². The molecule has 1 fully saturated rings. The number of halogens is 1. The van der Waals surface area contributed by atoms with Crippen LogP contribution in [-0.2, 0) is 10.0 Å². The summed E-state index contributed by atoms with van der Waals surface area (Å²) < 4.78 is 40.1. The van der Waals surface area contributed by atoms with Crippen molar-refractivity contribution in [2.75, 3.05) is 31.0 Å². The molecule has 1 saturated heterocycles. The lowest BCUT2D eigenvalue weighted by molar-refractivity contribution is 0.174.